The number of ether oxygens (including phenoxy) is 3. The van der Waals surface area contributed by atoms with Gasteiger partial charge in [0.2, 0.25) is 10.0 Å². The summed E-state index contributed by atoms with van der Waals surface area (Å²) in [6, 6.07) is 3.50. The molecule has 1 aliphatic rings. The minimum Gasteiger partial charge on any atom is -0.490 e. The molecule has 0 amide bonds. The van der Waals surface area contributed by atoms with Crippen LogP contribution >= 0.6 is 0 Å². The van der Waals surface area contributed by atoms with Crippen molar-refractivity contribution in [1.29, 1.82) is 0 Å². The molecule has 2 rings (SSSR count). The second kappa shape index (κ2) is 9.09. The van der Waals surface area contributed by atoms with E-state index in [1.807, 2.05) is 0 Å². The van der Waals surface area contributed by atoms with Crippen LogP contribution in [-0.2, 0) is 19.5 Å². The van der Waals surface area contributed by atoms with Gasteiger partial charge in [-0.25, -0.2) is 13.1 Å². The molecule has 1 atom stereocenters. The quantitative estimate of drug-likeness (QED) is 0.398. The largest absolute Gasteiger partial charge is 0.490 e. The summed E-state index contributed by atoms with van der Waals surface area (Å²) in [6.45, 7) is 1.22. The first-order valence-electron chi connectivity index (χ1n) is 7.99. The molecule has 140 valence electrons. The molecule has 9 nitrogen and oxygen atoms in total. The molecule has 0 saturated carbocycles. The molecule has 1 fully saturated rings. The topological polar surface area (TPSA) is 117 Å². The lowest BCUT2D eigenvalue weighted by Crippen LogP contribution is -2.27. The highest BCUT2D eigenvalue weighted by molar-refractivity contribution is 7.89. The molecule has 1 saturated heterocycles. The highest BCUT2D eigenvalue weighted by Gasteiger charge is 2.21. The van der Waals surface area contributed by atoms with Gasteiger partial charge in [0.15, 0.2) is 12.0 Å². The van der Waals surface area contributed by atoms with Gasteiger partial charge in [0.1, 0.15) is 0 Å². The van der Waals surface area contributed by atoms with E-state index in [0.717, 1.165) is 25.3 Å². The normalized spacial score (nSPS) is 18.0. The van der Waals surface area contributed by atoms with Gasteiger partial charge in [-0.2, -0.15) is 0 Å². The van der Waals surface area contributed by atoms with Gasteiger partial charge >= 0.3 is 5.69 Å². The fourth-order valence-electron chi connectivity index (χ4n) is 2.40. The van der Waals surface area contributed by atoms with Crippen molar-refractivity contribution in [2.75, 3.05) is 26.9 Å². The van der Waals surface area contributed by atoms with E-state index in [-0.39, 0.29) is 23.5 Å². The Morgan fingerprint density at radius 1 is 1.40 bits per heavy atom. The average molecular weight is 374 g/mol. The fourth-order valence-corrected chi connectivity index (χ4v) is 3.49. The molecule has 1 aromatic rings. The lowest BCUT2D eigenvalue weighted by molar-refractivity contribution is -0.386. The van der Waals surface area contributed by atoms with Gasteiger partial charge in [-0.1, -0.05) is 0 Å². The Morgan fingerprint density at radius 3 is 2.84 bits per heavy atom. The summed E-state index contributed by atoms with van der Waals surface area (Å²) < 4.78 is 42.7. The molecular weight excluding hydrogens is 352 g/mol. The van der Waals surface area contributed by atoms with Crippen LogP contribution in [0.5, 0.6) is 5.75 Å². The number of rotatable bonds is 9. The maximum Gasteiger partial charge on any atom is 0.312 e. The van der Waals surface area contributed by atoms with Gasteiger partial charge in [-0.15, -0.1) is 0 Å². The maximum atomic E-state index is 12.2. The third-order valence-corrected chi connectivity index (χ3v) is 5.17. The van der Waals surface area contributed by atoms with E-state index in [2.05, 4.69) is 4.72 Å². The Labute approximate surface area is 146 Å². The highest BCUT2D eigenvalue weighted by Crippen LogP contribution is 2.29. The van der Waals surface area contributed by atoms with Crippen molar-refractivity contribution in [3.05, 3.63) is 28.3 Å². The summed E-state index contributed by atoms with van der Waals surface area (Å²) in [5.74, 6) is 0.00447. The fraction of sp³-hybridized carbons (Fsp3) is 0.600. The summed E-state index contributed by atoms with van der Waals surface area (Å²) in [5.41, 5.74) is -0.400. The van der Waals surface area contributed by atoms with Gasteiger partial charge in [0.25, 0.3) is 0 Å². The van der Waals surface area contributed by atoms with Crippen molar-refractivity contribution in [3.8, 4) is 5.75 Å². The van der Waals surface area contributed by atoms with Crippen LogP contribution in [0.25, 0.3) is 0 Å². The van der Waals surface area contributed by atoms with E-state index in [0.29, 0.717) is 19.6 Å². The smallest absolute Gasteiger partial charge is 0.312 e. The van der Waals surface area contributed by atoms with Crippen LogP contribution < -0.4 is 9.46 Å². The number of nitro benzene ring substituents is 1. The van der Waals surface area contributed by atoms with E-state index in [1.165, 1.54) is 19.2 Å². The molecule has 0 bridgehead atoms. The van der Waals surface area contributed by atoms with Crippen molar-refractivity contribution in [2.45, 2.75) is 36.9 Å². The predicted octanol–water partition coefficient (Wildman–Crippen LogP) is 1.81. The minimum absolute atomic E-state index is 0.00447. The zero-order valence-electron chi connectivity index (χ0n) is 14.0. The first-order chi connectivity index (χ1) is 11.9. The summed E-state index contributed by atoms with van der Waals surface area (Å²) in [7, 11) is -2.56. The number of sulfonamides is 1. The van der Waals surface area contributed by atoms with E-state index in [4.69, 9.17) is 14.2 Å². The van der Waals surface area contributed by atoms with Gasteiger partial charge in [-0.05, 0) is 37.8 Å². The lowest BCUT2D eigenvalue weighted by Gasteiger charge is -2.22. The molecule has 1 aliphatic heterocycles. The van der Waals surface area contributed by atoms with Crippen LogP contribution in [-0.4, -0.2) is 46.5 Å². The molecule has 0 unspecified atom stereocenters. The Hall–Kier alpha value is -1.75. The average Bonchev–Trinajstić information content (AvgIpc) is 2.61. The minimum atomic E-state index is -3.84. The number of hydrogen-bond acceptors (Lipinski definition) is 7. The van der Waals surface area contributed by atoms with Gasteiger partial charge < -0.3 is 14.2 Å². The highest BCUT2D eigenvalue weighted by atomic mass is 32.2. The van der Waals surface area contributed by atoms with Crippen molar-refractivity contribution in [3.63, 3.8) is 0 Å². The van der Waals surface area contributed by atoms with Crippen LogP contribution in [0, 0.1) is 10.1 Å². The molecule has 0 aliphatic carbocycles. The van der Waals surface area contributed by atoms with Crippen LogP contribution in [0.3, 0.4) is 0 Å². The maximum absolute atomic E-state index is 12.2. The first kappa shape index (κ1) is 19.6. The Balaban J connectivity index is 1.86. The van der Waals surface area contributed by atoms with Crippen molar-refractivity contribution < 1.29 is 27.6 Å². The third-order valence-electron chi connectivity index (χ3n) is 3.71. The molecule has 1 N–H and O–H groups in total. The van der Waals surface area contributed by atoms with Crippen molar-refractivity contribution in [2.24, 2.45) is 0 Å². The zero-order chi connectivity index (χ0) is 18.3. The molecule has 25 heavy (non-hydrogen) atoms. The molecular formula is C15H22N2O7S. The second-order valence-electron chi connectivity index (χ2n) is 5.51. The summed E-state index contributed by atoms with van der Waals surface area (Å²) in [6.07, 6.45) is 3.20. The third kappa shape index (κ3) is 5.63. The number of hydrogen-bond donors (Lipinski definition) is 1. The summed E-state index contributed by atoms with van der Waals surface area (Å²) in [5, 5.41) is 11.0. The molecule has 0 radical (unpaired) electrons. The summed E-state index contributed by atoms with van der Waals surface area (Å²) in [4.78, 5) is 10.1. The molecule has 1 aromatic carbocycles. The van der Waals surface area contributed by atoms with E-state index in [9.17, 15) is 18.5 Å². The van der Waals surface area contributed by atoms with E-state index >= 15 is 0 Å². The monoisotopic (exact) mass is 374 g/mol. The van der Waals surface area contributed by atoms with Crippen LogP contribution in [0.1, 0.15) is 25.7 Å². The van der Waals surface area contributed by atoms with Gasteiger partial charge in [0, 0.05) is 19.2 Å². The van der Waals surface area contributed by atoms with E-state index in [1.54, 1.807) is 0 Å². The van der Waals surface area contributed by atoms with Crippen LogP contribution in [0.15, 0.2) is 23.1 Å². The van der Waals surface area contributed by atoms with Gasteiger partial charge in [0.05, 0.1) is 23.5 Å². The number of methoxy groups -OCH3 is 1. The molecule has 10 heteroatoms. The molecule has 1 heterocycles. The lowest BCUT2D eigenvalue weighted by atomic mass is 10.2. The number of nitrogens with one attached hydrogen (secondary N) is 1. The molecule has 0 aromatic heterocycles. The van der Waals surface area contributed by atoms with Gasteiger partial charge in [-0.3, -0.25) is 10.1 Å². The second-order valence-corrected chi connectivity index (χ2v) is 7.28. The Morgan fingerprint density at radius 2 is 2.20 bits per heavy atom. The number of benzene rings is 1. The SMILES string of the molecule is COc1ccc(S(=O)(=O)NCCCO[C@@H]2CCCCO2)cc1[N+](=O)[O-]. The van der Waals surface area contributed by atoms with Crippen molar-refractivity contribution in [1.82, 2.24) is 4.72 Å². The van der Waals surface area contributed by atoms with E-state index < -0.39 is 20.6 Å². The standard InChI is InChI=1S/C15H22N2O7S/c1-22-14-7-6-12(11-13(14)17(18)19)25(20,21)16-8-4-10-24-15-5-2-3-9-23-15/h6-7,11,15-16H,2-5,8-10H2,1H3/t15-/m1/s1. The van der Waals surface area contributed by atoms with Crippen LogP contribution in [0.4, 0.5) is 5.69 Å². The predicted molar refractivity (Wildman–Crippen MR) is 89.0 cm³/mol. The Kier molecular flexibility index (Phi) is 7.12. The first-order valence-corrected chi connectivity index (χ1v) is 9.47. The number of nitro groups is 1. The number of nitrogens with zero attached hydrogens (tertiary/aromatic N) is 1. The molecule has 0 spiro atoms. The Bertz CT molecular complexity index is 687. The van der Waals surface area contributed by atoms with Crippen LogP contribution in [0.2, 0.25) is 0 Å². The summed E-state index contributed by atoms with van der Waals surface area (Å²) >= 11 is 0. The zero-order valence-corrected chi connectivity index (χ0v) is 14.8. The van der Waals surface area contributed by atoms with Crippen molar-refractivity contribution >= 4 is 15.7 Å².